The summed E-state index contributed by atoms with van der Waals surface area (Å²) in [4.78, 5) is 12.4. The Balaban J connectivity index is 1.64. The molecule has 0 spiro atoms. The van der Waals surface area contributed by atoms with E-state index in [1.807, 2.05) is 0 Å². The quantitative estimate of drug-likeness (QED) is 0.640. The monoisotopic (exact) mass is 457 g/mol. The third-order valence-corrected chi connectivity index (χ3v) is 9.11. The van der Waals surface area contributed by atoms with E-state index in [4.69, 9.17) is 11.6 Å². The number of carbonyl (C=O) groups is 1. The Hall–Kier alpha value is -2.06. The molecule has 160 valence electrons. The number of nitrogens with one attached hydrogen (secondary N) is 1. The SMILES string of the molecule is C[C@H]1CC2CCC1[C@@H]2S(=O)(=O)c1cc(C(=O)Nc2cc(F)c(F)c(F)c2)ccc1Cl. The summed E-state index contributed by atoms with van der Waals surface area (Å²) in [6.45, 7) is 2.05. The molecule has 1 N–H and O–H groups in total. The highest BCUT2D eigenvalue weighted by atomic mass is 35.5. The highest BCUT2D eigenvalue weighted by Crippen LogP contribution is 2.53. The minimum absolute atomic E-state index is 0.0179. The molecule has 2 aliphatic rings. The summed E-state index contributed by atoms with van der Waals surface area (Å²) in [6.07, 6.45) is 2.57. The van der Waals surface area contributed by atoms with Gasteiger partial charge in [-0.1, -0.05) is 18.5 Å². The molecular formula is C21H19ClF3NO3S. The van der Waals surface area contributed by atoms with Crippen LogP contribution in [0.5, 0.6) is 0 Å². The summed E-state index contributed by atoms with van der Waals surface area (Å²) in [5, 5.41) is 1.74. The largest absolute Gasteiger partial charge is 0.322 e. The molecule has 0 aromatic heterocycles. The molecule has 9 heteroatoms. The van der Waals surface area contributed by atoms with E-state index in [0.717, 1.165) is 19.3 Å². The maximum absolute atomic E-state index is 13.4. The number of hydrogen-bond donors (Lipinski definition) is 1. The third-order valence-electron chi connectivity index (χ3n) is 6.26. The Bertz CT molecular complexity index is 1120. The van der Waals surface area contributed by atoms with E-state index in [9.17, 15) is 26.4 Å². The fraction of sp³-hybridized carbons (Fsp3) is 0.381. The first kappa shape index (κ1) is 21.2. The lowest BCUT2D eigenvalue weighted by Gasteiger charge is -2.19. The Kier molecular flexibility index (Phi) is 5.34. The number of halogens is 4. The summed E-state index contributed by atoms with van der Waals surface area (Å²) < 4.78 is 66.6. The van der Waals surface area contributed by atoms with Crippen molar-refractivity contribution in [1.82, 2.24) is 0 Å². The Morgan fingerprint density at radius 2 is 1.77 bits per heavy atom. The van der Waals surface area contributed by atoms with Crippen LogP contribution in [0.3, 0.4) is 0 Å². The molecule has 2 aromatic carbocycles. The van der Waals surface area contributed by atoms with E-state index in [1.54, 1.807) is 0 Å². The first-order valence-electron chi connectivity index (χ1n) is 9.59. The maximum Gasteiger partial charge on any atom is 0.255 e. The minimum Gasteiger partial charge on any atom is -0.322 e. The highest BCUT2D eigenvalue weighted by molar-refractivity contribution is 7.92. The van der Waals surface area contributed by atoms with Gasteiger partial charge in [0.2, 0.25) is 0 Å². The van der Waals surface area contributed by atoms with Crippen molar-refractivity contribution >= 4 is 33.0 Å². The summed E-state index contributed by atoms with van der Waals surface area (Å²) >= 11 is 6.18. The highest BCUT2D eigenvalue weighted by Gasteiger charge is 2.53. The fourth-order valence-corrected chi connectivity index (χ4v) is 7.90. The molecule has 0 aliphatic heterocycles. The first-order valence-corrected chi connectivity index (χ1v) is 11.5. The van der Waals surface area contributed by atoms with Gasteiger partial charge in [-0.15, -0.1) is 0 Å². The number of benzene rings is 2. The van der Waals surface area contributed by atoms with Crippen LogP contribution in [-0.4, -0.2) is 19.6 Å². The van der Waals surface area contributed by atoms with Gasteiger partial charge in [-0.05, 0) is 55.2 Å². The van der Waals surface area contributed by atoms with Gasteiger partial charge in [0.05, 0.1) is 15.2 Å². The predicted molar refractivity (Wildman–Crippen MR) is 107 cm³/mol. The van der Waals surface area contributed by atoms with Crippen molar-refractivity contribution in [2.75, 3.05) is 5.32 Å². The van der Waals surface area contributed by atoms with E-state index >= 15 is 0 Å². The van der Waals surface area contributed by atoms with Crippen LogP contribution in [0.15, 0.2) is 35.2 Å². The summed E-state index contributed by atoms with van der Waals surface area (Å²) in [6, 6.07) is 5.10. The van der Waals surface area contributed by atoms with Gasteiger partial charge in [-0.3, -0.25) is 4.79 Å². The van der Waals surface area contributed by atoms with Gasteiger partial charge >= 0.3 is 0 Å². The predicted octanol–water partition coefficient (Wildman–Crippen LogP) is 5.22. The molecule has 1 amide bonds. The van der Waals surface area contributed by atoms with Crippen molar-refractivity contribution in [2.45, 2.75) is 36.3 Å². The molecule has 30 heavy (non-hydrogen) atoms. The molecule has 4 nitrogen and oxygen atoms in total. The van der Waals surface area contributed by atoms with Crippen LogP contribution in [0.25, 0.3) is 0 Å². The zero-order chi connectivity index (χ0) is 21.8. The van der Waals surface area contributed by atoms with E-state index in [-0.39, 0.29) is 33.0 Å². The molecule has 0 saturated heterocycles. The van der Waals surface area contributed by atoms with Crippen LogP contribution in [0.4, 0.5) is 18.9 Å². The number of amides is 1. The van der Waals surface area contributed by atoms with Crippen LogP contribution in [0.1, 0.15) is 36.5 Å². The van der Waals surface area contributed by atoms with Gasteiger partial charge in [-0.2, -0.15) is 0 Å². The second-order valence-electron chi connectivity index (χ2n) is 8.08. The van der Waals surface area contributed by atoms with Gasteiger partial charge in [0.1, 0.15) is 0 Å². The van der Waals surface area contributed by atoms with Crippen LogP contribution >= 0.6 is 11.6 Å². The average molecular weight is 458 g/mol. The lowest BCUT2D eigenvalue weighted by Crippen LogP contribution is -2.27. The number of rotatable bonds is 4. The zero-order valence-electron chi connectivity index (χ0n) is 16.0. The minimum atomic E-state index is -3.77. The van der Waals surface area contributed by atoms with Crippen molar-refractivity contribution in [3.63, 3.8) is 0 Å². The van der Waals surface area contributed by atoms with E-state index in [2.05, 4.69) is 12.2 Å². The Morgan fingerprint density at radius 1 is 1.10 bits per heavy atom. The number of anilines is 1. The van der Waals surface area contributed by atoms with Crippen molar-refractivity contribution < 1.29 is 26.4 Å². The molecule has 2 aromatic rings. The fourth-order valence-electron chi connectivity index (χ4n) is 4.92. The first-order chi connectivity index (χ1) is 14.1. The van der Waals surface area contributed by atoms with Gasteiger partial charge in [0.15, 0.2) is 27.3 Å². The zero-order valence-corrected chi connectivity index (χ0v) is 17.5. The standard InChI is InChI=1S/C21H19ClF3NO3S/c1-10-6-11-2-4-14(10)20(11)30(28,29)18-7-12(3-5-15(18)22)21(27)26-13-8-16(23)19(25)17(24)9-13/h3,5,7-11,14,20H,2,4,6H2,1H3,(H,26,27)/t10-,11?,14?,20+/m0/s1. The topological polar surface area (TPSA) is 63.2 Å². The second-order valence-corrected chi connectivity index (χ2v) is 10.6. The number of hydrogen-bond acceptors (Lipinski definition) is 3. The summed E-state index contributed by atoms with van der Waals surface area (Å²) in [5.74, 6) is -4.87. The van der Waals surface area contributed by atoms with Crippen molar-refractivity contribution in [2.24, 2.45) is 17.8 Å². The van der Waals surface area contributed by atoms with Crippen LogP contribution in [0, 0.1) is 35.2 Å². The average Bonchev–Trinajstić information content (AvgIpc) is 3.24. The summed E-state index contributed by atoms with van der Waals surface area (Å²) in [7, 11) is -3.77. The van der Waals surface area contributed by atoms with Crippen molar-refractivity contribution in [3.8, 4) is 0 Å². The smallest absolute Gasteiger partial charge is 0.255 e. The molecule has 4 atom stereocenters. The van der Waals surface area contributed by atoms with Gasteiger partial charge in [-0.25, -0.2) is 21.6 Å². The molecule has 2 unspecified atom stereocenters. The van der Waals surface area contributed by atoms with E-state index < -0.39 is 38.4 Å². The van der Waals surface area contributed by atoms with Gasteiger partial charge < -0.3 is 5.32 Å². The van der Waals surface area contributed by atoms with Crippen LogP contribution < -0.4 is 5.32 Å². The lowest BCUT2D eigenvalue weighted by atomic mass is 9.91. The summed E-state index contributed by atoms with van der Waals surface area (Å²) in [5.41, 5.74) is -0.333. The van der Waals surface area contributed by atoms with Gasteiger partial charge in [0, 0.05) is 23.4 Å². The van der Waals surface area contributed by atoms with E-state index in [0.29, 0.717) is 18.1 Å². The molecule has 2 bridgehead atoms. The van der Waals surface area contributed by atoms with E-state index in [1.165, 1.54) is 18.2 Å². The molecule has 2 fully saturated rings. The molecule has 0 heterocycles. The second kappa shape index (κ2) is 7.57. The Labute approximate surface area is 177 Å². The third kappa shape index (κ3) is 3.50. The number of carbonyl (C=O) groups excluding carboxylic acids is 1. The molecule has 4 rings (SSSR count). The van der Waals surface area contributed by atoms with Crippen LogP contribution in [-0.2, 0) is 9.84 Å². The normalized spacial score (nSPS) is 25.5. The van der Waals surface area contributed by atoms with Crippen molar-refractivity contribution in [3.05, 3.63) is 58.4 Å². The number of fused-ring (bicyclic) bond motifs is 2. The number of sulfone groups is 1. The lowest BCUT2D eigenvalue weighted by molar-refractivity contribution is 0.102. The van der Waals surface area contributed by atoms with Gasteiger partial charge in [0.25, 0.3) is 5.91 Å². The maximum atomic E-state index is 13.4. The van der Waals surface area contributed by atoms with Crippen LogP contribution in [0.2, 0.25) is 5.02 Å². The van der Waals surface area contributed by atoms with Crippen molar-refractivity contribution in [1.29, 1.82) is 0 Å². The molecule has 2 saturated carbocycles. The molecule has 2 aliphatic carbocycles. The molecule has 0 radical (unpaired) electrons. The molecular weight excluding hydrogens is 439 g/mol. The Morgan fingerprint density at radius 3 is 2.33 bits per heavy atom.